The number of carboxylic acid groups (broad SMARTS) is 1. The van der Waals surface area contributed by atoms with Crippen molar-refractivity contribution >= 4 is 17.0 Å². The van der Waals surface area contributed by atoms with Crippen LogP contribution < -0.4 is 15.2 Å². The van der Waals surface area contributed by atoms with Gasteiger partial charge in [-0.15, -0.1) is 0 Å². The Labute approximate surface area is 114 Å². The molecule has 7 nitrogen and oxygen atoms in total. The molecule has 0 spiro atoms. The van der Waals surface area contributed by atoms with Crippen LogP contribution in [-0.4, -0.2) is 33.8 Å². The van der Waals surface area contributed by atoms with E-state index >= 15 is 0 Å². The minimum absolute atomic E-state index is 0.165. The number of rotatable bonds is 3. The molecule has 1 unspecified atom stereocenters. The lowest BCUT2D eigenvalue weighted by molar-refractivity contribution is -0.140. The van der Waals surface area contributed by atoms with Gasteiger partial charge in [0.2, 0.25) is 0 Å². The van der Waals surface area contributed by atoms with E-state index < -0.39 is 12.0 Å². The zero-order valence-electron chi connectivity index (χ0n) is 11.0. The van der Waals surface area contributed by atoms with E-state index in [9.17, 15) is 9.90 Å². The quantitative estimate of drug-likeness (QED) is 0.865. The number of benzene rings is 1. The molecule has 0 radical (unpaired) electrons. The van der Waals surface area contributed by atoms with Gasteiger partial charge < -0.3 is 24.9 Å². The highest BCUT2D eigenvalue weighted by Crippen LogP contribution is 2.35. The molecule has 20 heavy (non-hydrogen) atoms. The van der Waals surface area contributed by atoms with Crippen molar-refractivity contribution in [2.75, 3.05) is 13.2 Å². The number of imidazole rings is 1. The van der Waals surface area contributed by atoms with Gasteiger partial charge in [0.25, 0.3) is 0 Å². The third-order valence-corrected chi connectivity index (χ3v) is 3.35. The van der Waals surface area contributed by atoms with Crippen molar-refractivity contribution in [1.29, 1.82) is 0 Å². The second-order valence-corrected chi connectivity index (χ2v) is 4.60. The highest BCUT2D eigenvalue weighted by atomic mass is 16.6. The molecular formula is C13H15N3O4. The molecule has 0 fully saturated rings. The minimum Gasteiger partial charge on any atom is -0.486 e. The monoisotopic (exact) mass is 277 g/mol. The SMILES string of the molecule is CC(C(=O)O)n1c(CN)nc2cc3c(cc21)OCCO3. The fraction of sp³-hybridized carbons (Fsp3) is 0.385. The van der Waals surface area contributed by atoms with Gasteiger partial charge in [-0.2, -0.15) is 0 Å². The van der Waals surface area contributed by atoms with Crippen molar-refractivity contribution in [3.63, 3.8) is 0 Å². The van der Waals surface area contributed by atoms with Crippen LogP contribution in [0.4, 0.5) is 0 Å². The molecule has 1 aliphatic rings. The summed E-state index contributed by atoms with van der Waals surface area (Å²) in [5.41, 5.74) is 7.01. The first-order chi connectivity index (χ1) is 9.61. The van der Waals surface area contributed by atoms with Gasteiger partial charge in [0.15, 0.2) is 11.5 Å². The molecule has 1 aromatic heterocycles. The van der Waals surface area contributed by atoms with Crippen LogP contribution in [0.3, 0.4) is 0 Å². The number of nitrogens with zero attached hydrogens (tertiary/aromatic N) is 2. The molecule has 7 heteroatoms. The molecule has 3 N–H and O–H groups in total. The lowest BCUT2D eigenvalue weighted by atomic mass is 10.2. The Balaban J connectivity index is 2.23. The predicted molar refractivity (Wildman–Crippen MR) is 71.0 cm³/mol. The number of carboxylic acids is 1. The molecule has 1 atom stereocenters. The van der Waals surface area contributed by atoms with Crippen LogP contribution >= 0.6 is 0 Å². The van der Waals surface area contributed by atoms with E-state index in [1.807, 2.05) is 0 Å². The number of hydrogen-bond acceptors (Lipinski definition) is 5. The Kier molecular flexibility index (Phi) is 2.98. The Morgan fingerprint density at radius 2 is 2.10 bits per heavy atom. The van der Waals surface area contributed by atoms with Crippen molar-refractivity contribution in [2.45, 2.75) is 19.5 Å². The number of hydrogen-bond donors (Lipinski definition) is 2. The van der Waals surface area contributed by atoms with Crippen molar-refractivity contribution < 1.29 is 19.4 Å². The average molecular weight is 277 g/mol. The summed E-state index contributed by atoms with van der Waals surface area (Å²) in [5.74, 6) is 0.817. The third-order valence-electron chi connectivity index (χ3n) is 3.35. The van der Waals surface area contributed by atoms with Crippen LogP contribution in [0.2, 0.25) is 0 Å². The maximum absolute atomic E-state index is 11.3. The topological polar surface area (TPSA) is 99.6 Å². The molecule has 0 saturated carbocycles. The van der Waals surface area contributed by atoms with E-state index in [0.717, 1.165) is 0 Å². The largest absolute Gasteiger partial charge is 0.486 e. The zero-order chi connectivity index (χ0) is 14.3. The standard InChI is InChI=1S/C13H15N3O4/c1-7(13(17)18)16-9-5-11-10(19-2-3-20-11)4-8(9)15-12(16)6-14/h4-5,7H,2-3,6,14H2,1H3,(H,17,18). The van der Waals surface area contributed by atoms with Crippen LogP contribution in [0, 0.1) is 0 Å². The minimum atomic E-state index is -0.936. The normalized spacial score (nSPS) is 15.3. The summed E-state index contributed by atoms with van der Waals surface area (Å²) in [5, 5.41) is 9.23. The first-order valence-corrected chi connectivity index (χ1v) is 6.35. The maximum atomic E-state index is 11.3. The summed E-state index contributed by atoms with van der Waals surface area (Å²) in [7, 11) is 0. The van der Waals surface area contributed by atoms with Crippen LogP contribution in [0.25, 0.3) is 11.0 Å². The van der Waals surface area contributed by atoms with E-state index in [-0.39, 0.29) is 6.54 Å². The van der Waals surface area contributed by atoms with Crippen molar-refractivity contribution in [3.05, 3.63) is 18.0 Å². The molecule has 0 saturated heterocycles. The van der Waals surface area contributed by atoms with E-state index in [0.29, 0.717) is 41.6 Å². The van der Waals surface area contributed by atoms with E-state index in [1.165, 1.54) is 0 Å². The lowest BCUT2D eigenvalue weighted by Gasteiger charge is -2.19. The molecular weight excluding hydrogens is 262 g/mol. The van der Waals surface area contributed by atoms with Gasteiger partial charge in [-0.05, 0) is 6.92 Å². The first-order valence-electron chi connectivity index (χ1n) is 6.35. The summed E-state index contributed by atoms with van der Waals surface area (Å²) < 4.78 is 12.6. The molecule has 1 aliphatic heterocycles. The van der Waals surface area contributed by atoms with E-state index in [2.05, 4.69) is 4.98 Å². The van der Waals surface area contributed by atoms with Gasteiger partial charge in [0.1, 0.15) is 25.1 Å². The van der Waals surface area contributed by atoms with Crippen LogP contribution in [0.1, 0.15) is 18.8 Å². The van der Waals surface area contributed by atoms with Gasteiger partial charge in [0.05, 0.1) is 17.6 Å². The average Bonchev–Trinajstić information content (AvgIpc) is 2.81. The number of fused-ring (bicyclic) bond motifs is 2. The molecule has 2 heterocycles. The number of ether oxygens (including phenoxy) is 2. The van der Waals surface area contributed by atoms with Gasteiger partial charge in [-0.1, -0.05) is 0 Å². The highest BCUT2D eigenvalue weighted by Gasteiger charge is 2.23. The van der Waals surface area contributed by atoms with Crippen molar-refractivity contribution in [2.24, 2.45) is 5.73 Å². The van der Waals surface area contributed by atoms with Gasteiger partial charge in [-0.25, -0.2) is 9.78 Å². The van der Waals surface area contributed by atoms with E-state index in [1.54, 1.807) is 23.6 Å². The highest BCUT2D eigenvalue weighted by molar-refractivity contribution is 5.83. The summed E-state index contributed by atoms with van der Waals surface area (Å²) in [4.78, 5) is 15.6. The Morgan fingerprint density at radius 1 is 1.45 bits per heavy atom. The summed E-state index contributed by atoms with van der Waals surface area (Å²) in [6, 6.07) is 2.77. The first kappa shape index (κ1) is 12.7. The van der Waals surface area contributed by atoms with Crippen LogP contribution in [0.15, 0.2) is 12.1 Å². The molecule has 1 aromatic carbocycles. The van der Waals surface area contributed by atoms with Gasteiger partial charge in [0, 0.05) is 12.1 Å². The molecule has 0 amide bonds. The molecule has 106 valence electrons. The smallest absolute Gasteiger partial charge is 0.326 e. The number of carbonyl (C=O) groups is 1. The van der Waals surface area contributed by atoms with Crippen molar-refractivity contribution in [1.82, 2.24) is 9.55 Å². The molecule has 0 aliphatic carbocycles. The van der Waals surface area contributed by atoms with Gasteiger partial charge >= 0.3 is 5.97 Å². The van der Waals surface area contributed by atoms with Gasteiger partial charge in [-0.3, -0.25) is 0 Å². The second-order valence-electron chi connectivity index (χ2n) is 4.60. The second kappa shape index (κ2) is 4.68. The van der Waals surface area contributed by atoms with Crippen LogP contribution in [-0.2, 0) is 11.3 Å². The molecule has 3 rings (SSSR count). The van der Waals surface area contributed by atoms with E-state index in [4.69, 9.17) is 15.2 Å². The summed E-state index contributed by atoms with van der Waals surface area (Å²) in [6.45, 7) is 2.73. The fourth-order valence-corrected chi connectivity index (χ4v) is 2.37. The molecule has 2 aromatic rings. The number of aromatic nitrogens is 2. The van der Waals surface area contributed by atoms with Crippen LogP contribution in [0.5, 0.6) is 11.5 Å². The zero-order valence-corrected chi connectivity index (χ0v) is 11.0. The molecule has 0 bridgehead atoms. The van der Waals surface area contributed by atoms with Crippen molar-refractivity contribution in [3.8, 4) is 11.5 Å². The predicted octanol–water partition coefficient (Wildman–Crippen LogP) is 0.912. The Hall–Kier alpha value is -2.28. The Morgan fingerprint density at radius 3 is 2.70 bits per heavy atom. The number of nitrogens with two attached hydrogens (primary N) is 1. The lowest BCUT2D eigenvalue weighted by Crippen LogP contribution is -2.19. The summed E-state index contributed by atoms with van der Waals surface area (Å²) >= 11 is 0. The number of aliphatic carboxylic acids is 1. The third kappa shape index (κ3) is 1.87. The fourth-order valence-electron chi connectivity index (χ4n) is 2.37. The maximum Gasteiger partial charge on any atom is 0.326 e. The summed E-state index contributed by atoms with van der Waals surface area (Å²) in [6.07, 6.45) is 0. The Bertz CT molecular complexity index is 680.